The van der Waals surface area contributed by atoms with E-state index in [2.05, 4.69) is 17.4 Å². The van der Waals surface area contributed by atoms with Crippen molar-refractivity contribution < 1.29 is 9.53 Å². The highest BCUT2D eigenvalue weighted by molar-refractivity contribution is 5.81. The van der Waals surface area contributed by atoms with Gasteiger partial charge in [-0.05, 0) is 43.7 Å². The minimum atomic E-state index is -0.222. The number of nitrogens with one attached hydrogen (secondary N) is 1. The fourth-order valence-corrected chi connectivity index (χ4v) is 3.14. The lowest BCUT2D eigenvalue weighted by atomic mass is 10.0. The number of benzene rings is 1. The number of para-hydroxylation sites is 1. The second-order valence-corrected chi connectivity index (χ2v) is 6.13. The Hall–Kier alpha value is -1.55. The van der Waals surface area contributed by atoms with Crippen LogP contribution in [0.15, 0.2) is 30.3 Å². The average Bonchev–Trinajstić information content (AvgIpc) is 3.34. The predicted octanol–water partition coefficient (Wildman–Crippen LogP) is 2.51. The summed E-state index contributed by atoms with van der Waals surface area (Å²) < 4.78 is 5.43. The summed E-state index contributed by atoms with van der Waals surface area (Å²) in [4.78, 5) is 14.6. The van der Waals surface area contributed by atoms with E-state index < -0.39 is 0 Å². The molecular weight excluding hydrogens is 264 g/mol. The summed E-state index contributed by atoms with van der Waals surface area (Å²) in [6.45, 7) is 1.64. The van der Waals surface area contributed by atoms with Crippen molar-refractivity contribution in [1.29, 1.82) is 0 Å². The smallest absolute Gasteiger partial charge is 0.252 e. The molecule has 114 valence electrons. The molecule has 4 heteroatoms. The SMILES string of the molecule is COC(C(=O)N1CCCC(Nc2ccccc2)C1)C1CC1. The van der Waals surface area contributed by atoms with Crippen molar-refractivity contribution in [2.75, 3.05) is 25.5 Å². The van der Waals surface area contributed by atoms with E-state index >= 15 is 0 Å². The Labute approximate surface area is 126 Å². The number of amides is 1. The van der Waals surface area contributed by atoms with Gasteiger partial charge >= 0.3 is 0 Å². The van der Waals surface area contributed by atoms with Gasteiger partial charge < -0.3 is 15.0 Å². The van der Waals surface area contributed by atoms with Crippen LogP contribution >= 0.6 is 0 Å². The van der Waals surface area contributed by atoms with Gasteiger partial charge in [-0.3, -0.25) is 4.79 Å². The zero-order valence-corrected chi connectivity index (χ0v) is 12.6. The van der Waals surface area contributed by atoms with Crippen molar-refractivity contribution in [2.45, 2.75) is 37.8 Å². The van der Waals surface area contributed by atoms with Gasteiger partial charge in [0.2, 0.25) is 0 Å². The van der Waals surface area contributed by atoms with Gasteiger partial charge in [0, 0.05) is 31.9 Å². The Morgan fingerprint density at radius 3 is 2.71 bits per heavy atom. The van der Waals surface area contributed by atoms with Crippen LogP contribution in [-0.4, -0.2) is 43.2 Å². The van der Waals surface area contributed by atoms with Gasteiger partial charge in [-0.2, -0.15) is 0 Å². The van der Waals surface area contributed by atoms with E-state index in [0.29, 0.717) is 12.0 Å². The first-order valence-corrected chi connectivity index (χ1v) is 7.91. The fourth-order valence-electron chi connectivity index (χ4n) is 3.14. The largest absolute Gasteiger partial charge is 0.381 e. The first-order chi connectivity index (χ1) is 10.3. The lowest BCUT2D eigenvalue weighted by Gasteiger charge is -2.35. The van der Waals surface area contributed by atoms with Crippen molar-refractivity contribution in [3.63, 3.8) is 0 Å². The Balaban J connectivity index is 1.58. The molecule has 0 aromatic heterocycles. The van der Waals surface area contributed by atoms with E-state index in [0.717, 1.165) is 44.5 Å². The predicted molar refractivity (Wildman–Crippen MR) is 83.2 cm³/mol. The molecule has 1 aliphatic carbocycles. The van der Waals surface area contributed by atoms with Crippen LogP contribution in [0.5, 0.6) is 0 Å². The maximum atomic E-state index is 12.6. The maximum Gasteiger partial charge on any atom is 0.252 e. The third-order valence-electron chi connectivity index (χ3n) is 4.43. The zero-order valence-electron chi connectivity index (χ0n) is 12.6. The monoisotopic (exact) mass is 288 g/mol. The lowest BCUT2D eigenvalue weighted by Crippen LogP contribution is -2.49. The van der Waals surface area contributed by atoms with Crippen LogP contribution in [0.2, 0.25) is 0 Å². The summed E-state index contributed by atoms with van der Waals surface area (Å²) in [6.07, 6.45) is 4.20. The minimum Gasteiger partial charge on any atom is -0.381 e. The van der Waals surface area contributed by atoms with E-state index in [4.69, 9.17) is 4.74 Å². The van der Waals surface area contributed by atoms with Crippen LogP contribution in [0.3, 0.4) is 0 Å². The van der Waals surface area contributed by atoms with E-state index in [9.17, 15) is 4.79 Å². The van der Waals surface area contributed by atoms with Gasteiger partial charge in [-0.15, -0.1) is 0 Å². The van der Waals surface area contributed by atoms with Crippen LogP contribution in [0.25, 0.3) is 0 Å². The number of methoxy groups -OCH3 is 1. The summed E-state index contributed by atoms with van der Waals surface area (Å²) in [5, 5.41) is 3.53. The number of nitrogens with zero attached hydrogens (tertiary/aromatic N) is 1. The summed E-state index contributed by atoms with van der Waals surface area (Å²) in [6, 6.07) is 10.6. The molecule has 21 heavy (non-hydrogen) atoms. The van der Waals surface area contributed by atoms with Crippen LogP contribution in [0.1, 0.15) is 25.7 Å². The number of piperidine rings is 1. The number of hydrogen-bond acceptors (Lipinski definition) is 3. The molecule has 2 fully saturated rings. The molecule has 2 unspecified atom stereocenters. The quantitative estimate of drug-likeness (QED) is 0.905. The van der Waals surface area contributed by atoms with Gasteiger partial charge in [0.05, 0.1) is 0 Å². The van der Waals surface area contributed by atoms with Gasteiger partial charge in [-0.25, -0.2) is 0 Å². The Morgan fingerprint density at radius 1 is 1.29 bits per heavy atom. The van der Waals surface area contributed by atoms with Gasteiger partial charge in [0.25, 0.3) is 5.91 Å². The van der Waals surface area contributed by atoms with E-state index in [1.54, 1.807) is 7.11 Å². The average molecular weight is 288 g/mol. The molecule has 3 rings (SSSR count). The summed E-state index contributed by atoms with van der Waals surface area (Å²) in [5.74, 6) is 0.629. The Kier molecular flexibility index (Phi) is 4.44. The number of rotatable bonds is 5. The highest BCUT2D eigenvalue weighted by Gasteiger charge is 2.39. The standard InChI is InChI=1S/C17H24N2O2/c1-21-16(13-9-10-13)17(20)19-11-5-8-15(12-19)18-14-6-3-2-4-7-14/h2-4,6-7,13,15-16,18H,5,8-12H2,1H3. The van der Waals surface area contributed by atoms with Gasteiger partial charge in [0.15, 0.2) is 0 Å². The topological polar surface area (TPSA) is 41.6 Å². The Morgan fingerprint density at radius 2 is 2.05 bits per heavy atom. The summed E-state index contributed by atoms with van der Waals surface area (Å²) >= 11 is 0. The first kappa shape index (κ1) is 14.4. The molecule has 1 saturated carbocycles. The lowest BCUT2D eigenvalue weighted by molar-refractivity contribution is -0.144. The molecule has 1 aliphatic heterocycles. The normalized spacial score (nSPS) is 23.7. The molecule has 1 aromatic rings. The molecule has 1 amide bonds. The van der Waals surface area contributed by atoms with Crippen molar-refractivity contribution in [3.8, 4) is 0 Å². The number of carbonyl (C=O) groups is 1. The van der Waals surface area contributed by atoms with Crippen LogP contribution in [-0.2, 0) is 9.53 Å². The van der Waals surface area contributed by atoms with Gasteiger partial charge in [-0.1, -0.05) is 18.2 Å². The third kappa shape index (κ3) is 3.56. The van der Waals surface area contributed by atoms with Gasteiger partial charge in [0.1, 0.15) is 6.10 Å². The highest BCUT2D eigenvalue weighted by atomic mass is 16.5. The van der Waals surface area contributed by atoms with E-state index in [-0.39, 0.29) is 12.0 Å². The van der Waals surface area contributed by atoms with Crippen LogP contribution < -0.4 is 5.32 Å². The van der Waals surface area contributed by atoms with Crippen molar-refractivity contribution in [1.82, 2.24) is 4.90 Å². The van der Waals surface area contributed by atoms with E-state index in [1.807, 2.05) is 23.1 Å². The molecule has 1 aromatic carbocycles. The molecule has 4 nitrogen and oxygen atoms in total. The van der Waals surface area contributed by atoms with Crippen LogP contribution in [0, 0.1) is 5.92 Å². The van der Waals surface area contributed by atoms with Crippen LogP contribution in [0.4, 0.5) is 5.69 Å². The molecule has 1 N–H and O–H groups in total. The fraction of sp³-hybridized carbons (Fsp3) is 0.588. The van der Waals surface area contributed by atoms with Crippen molar-refractivity contribution in [3.05, 3.63) is 30.3 Å². The Bertz CT molecular complexity index is 473. The summed E-state index contributed by atoms with van der Waals surface area (Å²) in [7, 11) is 1.66. The first-order valence-electron chi connectivity index (χ1n) is 7.91. The molecule has 2 aliphatic rings. The van der Waals surface area contributed by atoms with Crippen molar-refractivity contribution >= 4 is 11.6 Å². The number of hydrogen-bond donors (Lipinski definition) is 1. The molecule has 2 atom stereocenters. The summed E-state index contributed by atoms with van der Waals surface area (Å²) in [5.41, 5.74) is 1.13. The highest BCUT2D eigenvalue weighted by Crippen LogP contribution is 2.35. The minimum absolute atomic E-state index is 0.180. The number of ether oxygens (including phenoxy) is 1. The molecular formula is C17H24N2O2. The van der Waals surface area contributed by atoms with E-state index in [1.165, 1.54) is 0 Å². The maximum absolute atomic E-state index is 12.6. The molecule has 1 heterocycles. The second-order valence-electron chi connectivity index (χ2n) is 6.13. The number of carbonyl (C=O) groups excluding carboxylic acids is 1. The zero-order chi connectivity index (χ0) is 14.7. The number of anilines is 1. The molecule has 0 radical (unpaired) electrons. The third-order valence-corrected chi connectivity index (χ3v) is 4.43. The molecule has 1 saturated heterocycles. The molecule has 0 spiro atoms. The number of likely N-dealkylation sites (tertiary alicyclic amines) is 1. The second kappa shape index (κ2) is 6.48. The molecule has 0 bridgehead atoms. The van der Waals surface area contributed by atoms with Crippen molar-refractivity contribution in [2.24, 2.45) is 5.92 Å².